The van der Waals surface area contributed by atoms with E-state index >= 15 is 0 Å². The number of carbonyl (C=O) groups excluding carboxylic acids is 2. The van der Waals surface area contributed by atoms with Crippen LogP contribution in [0.2, 0.25) is 0 Å². The van der Waals surface area contributed by atoms with Crippen LogP contribution in [0.5, 0.6) is 0 Å². The van der Waals surface area contributed by atoms with Crippen LogP contribution in [0, 0.1) is 6.92 Å². The van der Waals surface area contributed by atoms with Crippen LogP contribution >= 0.6 is 0 Å². The summed E-state index contributed by atoms with van der Waals surface area (Å²) >= 11 is 0. The van der Waals surface area contributed by atoms with E-state index < -0.39 is 12.2 Å². The summed E-state index contributed by atoms with van der Waals surface area (Å²) in [4.78, 5) is 34.2. The molecule has 3 aliphatic rings. The number of nitrogens with one attached hydrogen (secondary N) is 2. The number of aliphatic hydroxyl groups is 2. The molecule has 2 atom stereocenters. The predicted octanol–water partition coefficient (Wildman–Crippen LogP) is 4.08. The number of oxazole rings is 1. The lowest BCUT2D eigenvalue weighted by Crippen LogP contribution is -2.47. The second kappa shape index (κ2) is 13.4. The molecule has 6 rings (SSSR count). The summed E-state index contributed by atoms with van der Waals surface area (Å²) in [6.07, 6.45) is 6.32. The van der Waals surface area contributed by atoms with Gasteiger partial charge in [-0.15, -0.1) is 0 Å². The van der Waals surface area contributed by atoms with Gasteiger partial charge in [0.2, 0.25) is 0 Å². The van der Waals surface area contributed by atoms with Crippen LogP contribution in [0.3, 0.4) is 0 Å². The number of piperazine rings is 1. The molecule has 4 N–H and O–H groups in total. The molecule has 3 aromatic rings. The number of rotatable bonds is 6. The largest absolute Gasteiger partial charge is 0.448 e. The van der Waals surface area contributed by atoms with Gasteiger partial charge in [-0.1, -0.05) is 31.0 Å². The van der Waals surface area contributed by atoms with Crippen LogP contribution in [-0.4, -0.2) is 72.4 Å². The molecule has 2 aliphatic carbocycles. The van der Waals surface area contributed by atoms with Gasteiger partial charge in [-0.25, -0.2) is 4.98 Å². The van der Waals surface area contributed by atoms with Crippen LogP contribution < -0.4 is 20.4 Å². The summed E-state index contributed by atoms with van der Waals surface area (Å²) in [6.45, 7) is 5.46. The Bertz CT molecular complexity index is 1370. The Morgan fingerprint density at radius 3 is 2.12 bits per heavy atom. The molecule has 2 saturated carbocycles. The highest BCUT2D eigenvalue weighted by Gasteiger charge is 2.30. The summed E-state index contributed by atoms with van der Waals surface area (Å²) in [7, 11) is 1.59. The van der Waals surface area contributed by atoms with Crippen molar-refractivity contribution in [2.45, 2.75) is 63.6 Å². The maximum absolute atomic E-state index is 13.0. The molecular weight excluding hydrogens is 534 g/mol. The van der Waals surface area contributed by atoms with Gasteiger partial charge in [-0.05, 0) is 62.4 Å². The Balaban J connectivity index is 0.000000382. The summed E-state index contributed by atoms with van der Waals surface area (Å²) in [5.41, 5.74) is 4.73. The zero-order valence-corrected chi connectivity index (χ0v) is 24.4. The Labute approximate surface area is 246 Å². The minimum Gasteiger partial charge on any atom is -0.448 e. The Hall–Kier alpha value is -3.89. The minimum absolute atomic E-state index is 0.205. The minimum atomic E-state index is -0.441. The van der Waals surface area contributed by atoms with Crippen molar-refractivity contribution in [1.29, 1.82) is 0 Å². The molecule has 224 valence electrons. The van der Waals surface area contributed by atoms with Crippen molar-refractivity contribution in [3.05, 3.63) is 71.4 Å². The number of carbonyl (C=O) groups is 2. The molecule has 1 aromatic heterocycles. The van der Waals surface area contributed by atoms with Crippen LogP contribution in [-0.2, 0) is 0 Å². The molecule has 1 saturated heterocycles. The van der Waals surface area contributed by atoms with E-state index in [1.54, 1.807) is 19.2 Å². The third-order valence-corrected chi connectivity index (χ3v) is 8.19. The van der Waals surface area contributed by atoms with Gasteiger partial charge >= 0.3 is 0 Å². The van der Waals surface area contributed by atoms with E-state index in [0.717, 1.165) is 70.4 Å². The van der Waals surface area contributed by atoms with Crippen molar-refractivity contribution in [3.8, 4) is 0 Å². The zero-order chi connectivity index (χ0) is 29.6. The van der Waals surface area contributed by atoms with Gasteiger partial charge in [0.25, 0.3) is 11.8 Å². The lowest BCUT2D eigenvalue weighted by molar-refractivity contribution is -0.00865. The van der Waals surface area contributed by atoms with Crippen molar-refractivity contribution in [2.75, 3.05) is 48.3 Å². The molecular formula is C32H41N5O5. The van der Waals surface area contributed by atoms with Gasteiger partial charge in [-0.3, -0.25) is 9.59 Å². The average Bonchev–Trinajstić information content (AvgIpc) is 3.74. The molecule has 10 nitrogen and oxygen atoms in total. The fraction of sp³-hybridized carbons (Fsp3) is 0.469. The molecule has 0 unspecified atom stereocenters. The lowest BCUT2D eigenvalue weighted by atomic mass is 9.95. The molecule has 2 heterocycles. The monoisotopic (exact) mass is 575 g/mol. The van der Waals surface area contributed by atoms with Crippen LogP contribution in [0.4, 0.5) is 17.1 Å². The van der Waals surface area contributed by atoms with Gasteiger partial charge in [-0.2, -0.15) is 0 Å². The molecule has 42 heavy (non-hydrogen) atoms. The average molecular weight is 576 g/mol. The molecule has 0 spiro atoms. The number of anilines is 3. The topological polar surface area (TPSA) is 131 Å². The first-order valence-corrected chi connectivity index (χ1v) is 14.9. The van der Waals surface area contributed by atoms with Crippen molar-refractivity contribution in [2.24, 2.45) is 0 Å². The van der Waals surface area contributed by atoms with E-state index in [2.05, 4.69) is 56.6 Å². The highest BCUT2D eigenvalue weighted by atomic mass is 16.3. The molecule has 0 bridgehead atoms. The normalized spacial score (nSPS) is 20.4. The number of hydrogen-bond donors (Lipinski definition) is 4. The highest BCUT2D eigenvalue weighted by Crippen LogP contribution is 2.39. The fourth-order valence-corrected chi connectivity index (χ4v) is 5.49. The van der Waals surface area contributed by atoms with Gasteiger partial charge in [0, 0.05) is 50.4 Å². The van der Waals surface area contributed by atoms with Gasteiger partial charge < -0.3 is 35.1 Å². The predicted molar refractivity (Wildman–Crippen MR) is 162 cm³/mol. The molecule has 3 fully saturated rings. The van der Waals surface area contributed by atoms with Gasteiger partial charge in [0.05, 0.1) is 23.6 Å². The van der Waals surface area contributed by atoms with Gasteiger partial charge in [0.15, 0.2) is 11.6 Å². The van der Waals surface area contributed by atoms with Crippen LogP contribution in [0.15, 0.2) is 53.1 Å². The third kappa shape index (κ3) is 7.11. The quantitative estimate of drug-likeness (QED) is 0.346. The van der Waals surface area contributed by atoms with Crippen molar-refractivity contribution >= 4 is 28.9 Å². The lowest BCUT2D eigenvalue weighted by Gasteiger charge is -2.38. The Morgan fingerprint density at radius 2 is 1.52 bits per heavy atom. The summed E-state index contributed by atoms with van der Waals surface area (Å²) in [5.74, 6) is 0.406. The number of aromatic nitrogens is 1. The number of benzene rings is 2. The number of nitrogens with zero attached hydrogens (tertiary/aromatic N) is 3. The first kappa shape index (κ1) is 29.6. The van der Waals surface area contributed by atoms with Crippen molar-refractivity contribution < 1.29 is 24.2 Å². The maximum Gasteiger partial charge on any atom is 0.277 e. The number of amides is 2. The number of aliphatic hydroxyl groups excluding tert-OH is 2. The van der Waals surface area contributed by atoms with E-state index in [1.807, 2.05) is 6.07 Å². The fourth-order valence-electron chi connectivity index (χ4n) is 5.49. The molecule has 0 radical (unpaired) electrons. The SMILES string of the molecule is CNC(=O)c1ccc(N2CCN(c3ccccc3C)CC2)c(NC(=O)c2coc(C3CC3)n2)c1.O[C@@H]1CCCC[C@@H]1O. The molecule has 2 amide bonds. The zero-order valence-electron chi connectivity index (χ0n) is 24.4. The number of aryl methyl sites for hydroxylation is 1. The number of hydrogen-bond acceptors (Lipinski definition) is 8. The summed E-state index contributed by atoms with van der Waals surface area (Å²) in [6, 6.07) is 13.8. The van der Waals surface area contributed by atoms with E-state index in [9.17, 15) is 9.59 Å². The second-order valence-electron chi connectivity index (χ2n) is 11.3. The molecule has 2 aromatic carbocycles. The van der Waals surface area contributed by atoms with Gasteiger partial charge in [0.1, 0.15) is 6.26 Å². The van der Waals surface area contributed by atoms with Crippen molar-refractivity contribution in [1.82, 2.24) is 10.3 Å². The van der Waals surface area contributed by atoms with Crippen LogP contribution in [0.25, 0.3) is 0 Å². The summed E-state index contributed by atoms with van der Waals surface area (Å²) < 4.78 is 5.48. The first-order chi connectivity index (χ1) is 20.3. The Kier molecular flexibility index (Phi) is 9.44. The van der Waals surface area contributed by atoms with Crippen molar-refractivity contribution in [3.63, 3.8) is 0 Å². The smallest absolute Gasteiger partial charge is 0.277 e. The third-order valence-electron chi connectivity index (χ3n) is 8.19. The molecule has 1 aliphatic heterocycles. The second-order valence-corrected chi connectivity index (χ2v) is 11.3. The van der Waals surface area contributed by atoms with E-state index in [1.165, 1.54) is 17.5 Å². The maximum atomic E-state index is 13.0. The molecule has 10 heteroatoms. The Morgan fingerprint density at radius 1 is 0.881 bits per heavy atom. The number of para-hydroxylation sites is 1. The van der Waals surface area contributed by atoms with E-state index in [-0.39, 0.29) is 17.5 Å². The van der Waals surface area contributed by atoms with Crippen LogP contribution in [0.1, 0.15) is 76.7 Å². The highest BCUT2D eigenvalue weighted by molar-refractivity contribution is 6.06. The first-order valence-electron chi connectivity index (χ1n) is 14.9. The standard InChI is InChI=1S/C26H29N5O3.C6H12O2/c1-17-5-3-4-6-22(17)30-11-13-31(14-12-30)23-10-9-19(24(32)27-2)15-20(23)28-25(33)21-16-34-26(29-21)18-7-8-18;7-5-3-1-2-4-6(5)8/h3-6,9-10,15-16,18H,7-8,11-14H2,1-2H3,(H,27,32)(H,28,33);5-8H,1-4H2/t;5-,6+. The summed E-state index contributed by atoms with van der Waals surface area (Å²) in [5, 5.41) is 23.5. The van der Waals surface area contributed by atoms with E-state index in [0.29, 0.717) is 23.1 Å². The van der Waals surface area contributed by atoms with E-state index in [4.69, 9.17) is 14.6 Å².